The lowest BCUT2D eigenvalue weighted by molar-refractivity contribution is 0.0850. The van der Waals surface area contributed by atoms with E-state index >= 15 is 0 Å². The molecular weight excluding hydrogens is 234 g/mol. The van der Waals surface area contributed by atoms with Crippen LogP contribution in [-0.4, -0.2) is 29.8 Å². The zero-order valence-corrected chi connectivity index (χ0v) is 12.4. The van der Waals surface area contributed by atoms with E-state index in [-0.39, 0.29) is 11.8 Å². The molecule has 2 nitrogen and oxygen atoms in total. The molecule has 2 rings (SSSR count). The highest BCUT2D eigenvalue weighted by Gasteiger charge is 2.38. The molecule has 1 heterocycles. The summed E-state index contributed by atoms with van der Waals surface area (Å²) in [4.78, 5) is 14.8. The van der Waals surface area contributed by atoms with Crippen LogP contribution in [0.4, 0.5) is 0 Å². The molecule has 0 N–H and O–H groups in total. The molecule has 0 amide bonds. The van der Waals surface area contributed by atoms with Gasteiger partial charge in [-0.05, 0) is 38.1 Å². The van der Waals surface area contributed by atoms with Gasteiger partial charge in [0, 0.05) is 12.1 Å². The van der Waals surface area contributed by atoms with Crippen LogP contribution in [0, 0.1) is 5.41 Å². The summed E-state index contributed by atoms with van der Waals surface area (Å²) in [5.41, 5.74) is 1.27. The van der Waals surface area contributed by atoms with Gasteiger partial charge in [-0.3, -0.25) is 9.69 Å². The Hall–Kier alpha value is -1.15. The molecule has 1 aromatic rings. The average molecular weight is 259 g/mol. The Labute approximate surface area is 116 Å². The van der Waals surface area contributed by atoms with Crippen molar-refractivity contribution in [3.05, 3.63) is 35.9 Å². The zero-order valence-electron chi connectivity index (χ0n) is 12.4. The van der Waals surface area contributed by atoms with Gasteiger partial charge < -0.3 is 0 Å². The van der Waals surface area contributed by atoms with Crippen molar-refractivity contribution in [3.8, 4) is 0 Å². The number of likely N-dealkylation sites (tertiary alicyclic amines) is 1. The summed E-state index contributed by atoms with van der Waals surface area (Å²) >= 11 is 0. The summed E-state index contributed by atoms with van der Waals surface area (Å²) in [7, 11) is 0. The Morgan fingerprint density at radius 3 is 2.42 bits per heavy atom. The molecule has 104 valence electrons. The minimum absolute atomic E-state index is 0.00220. The minimum Gasteiger partial charge on any atom is -0.293 e. The summed E-state index contributed by atoms with van der Waals surface area (Å²) in [6.07, 6.45) is 3.66. The molecule has 1 aromatic carbocycles. The largest absolute Gasteiger partial charge is 0.293 e. The van der Waals surface area contributed by atoms with E-state index < -0.39 is 0 Å². The highest BCUT2D eigenvalue weighted by molar-refractivity contribution is 5.99. The van der Waals surface area contributed by atoms with Gasteiger partial charge in [-0.2, -0.15) is 0 Å². The van der Waals surface area contributed by atoms with Gasteiger partial charge in [0.05, 0.1) is 6.04 Å². The van der Waals surface area contributed by atoms with Gasteiger partial charge in [-0.15, -0.1) is 0 Å². The fourth-order valence-electron chi connectivity index (χ4n) is 3.14. The number of hydrogen-bond acceptors (Lipinski definition) is 2. The number of rotatable bonds is 5. The van der Waals surface area contributed by atoms with Crippen LogP contribution in [-0.2, 0) is 0 Å². The Morgan fingerprint density at radius 1 is 1.26 bits per heavy atom. The second-order valence-corrected chi connectivity index (χ2v) is 5.83. The van der Waals surface area contributed by atoms with E-state index in [9.17, 15) is 4.79 Å². The molecule has 1 saturated heterocycles. The molecule has 0 radical (unpaired) electrons. The fourth-order valence-corrected chi connectivity index (χ4v) is 3.14. The topological polar surface area (TPSA) is 20.3 Å². The predicted octanol–water partition coefficient (Wildman–Crippen LogP) is 3.77. The number of ketones is 1. The van der Waals surface area contributed by atoms with Crippen molar-refractivity contribution in [1.29, 1.82) is 0 Å². The normalized spacial score (nSPS) is 20.4. The molecule has 1 unspecified atom stereocenters. The number of carbonyl (C=O) groups is 1. The van der Waals surface area contributed by atoms with Crippen LogP contribution >= 0.6 is 0 Å². The number of carbonyl (C=O) groups excluding carboxylic acids is 1. The first-order valence-corrected chi connectivity index (χ1v) is 7.45. The molecule has 0 saturated carbocycles. The SMILES string of the molecule is CCC1(CC)CCN(C(C)C(=O)c2ccccc2)C1. The van der Waals surface area contributed by atoms with Crippen molar-refractivity contribution < 1.29 is 4.79 Å². The maximum absolute atomic E-state index is 12.5. The third-order valence-corrected chi connectivity index (χ3v) is 4.95. The van der Waals surface area contributed by atoms with Gasteiger partial charge in [0.15, 0.2) is 5.78 Å². The van der Waals surface area contributed by atoms with Crippen molar-refractivity contribution in [2.75, 3.05) is 13.1 Å². The van der Waals surface area contributed by atoms with Crippen molar-refractivity contribution in [1.82, 2.24) is 4.90 Å². The molecule has 1 fully saturated rings. The quantitative estimate of drug-likeness (QED) is 0.750. The summed E-state index contributed by atoms with van der Waals surface area (Å²) in [6, 6.07) is 9.67. The molecule has 1 aliphatic rings. The Balaban J connectivity index is 2.06. The van der Waals surface area contributed by atoms with E-state index in [1.54, 1.807) is 0 Å². The smallest absolute Gasteiger partial charge is 0.179 e. The molecule has 0 bridgehead atoms. The maximum atomic E-state index is 12.5. The highest BCUT2D eigenvalue weighted by Crippen LogP contribution is 2.38. The van der Waals surface area contributed by atoms with Crippen LogP contribution in [0.3, 0.4) is 0 Å². The lowest BCUT2D eigenvalue weighted by Crippen LogP contribution is -2.38. The lowest BCUT2D eigenvalue weighted by atomic mass is 9.82. The first-order chi connectivity index (χ1) is 9.12. The van der Waals surface area contributed by atoms with Crippen molar-refractivity contribution in [3.63, 3.8) is 0 Å². The molecular formula is C17H25NO. The second-order valence-electron chi connectivity index (χ2n) is 5.83. The predicted molar refractivity (Wildman–Crippen MR) is 79.4 cm³/mol. The van der Waals surface area contributed by atoms with E-state index in [1.807, 2.05) is 30.3 Å². The van der Waals surface area contributed by atoms with E-state index in [2.05, 4.69) is 25.7 Å². The van der Waals surface area contributed by atoms with E-state index in [1.165, 1.54) is 19.3 Å². The van der Waals surface area contributed by atoms with Crippen LogP contribution in [0.1, 0.15) is 50.4 Å². The number of hydrogen-bond donors (Lipinski definition) is 0. The minimum atomic E-state index is 0.00220. The first-order valence-electron chi connectivity index (χ1n) is 7.45. The molecule has 0 aromatic heterocycles. The lowest BCUT2D eigenvalue weighted by Gasteiger charge is -2.29. The second kappa shape index (κ2) is 5.87. The van der Waals surface area contributed by atoms with Crippen molar-refractivity contribution in [2.24, 2.45) is 5.41 Å². The van der Waals surface area contributed by atoms with Crippen LogP contribution < -0.4 is 0 Å². The van der Waals surface area contributed by atoms with Gasteiger partial charge in [-0.1, -0.05) is 44.2 Å². The maximum Gasteiger partial charge on any atom is 0.179 e. The third kappa shape index (κ3) is 2.89. The Kier molecular flexibility index (Phi) is 4.41. The zero-order chi connectivity index (χ0) is 13.9. The number of nitrogens with zero attached hydrogens (tertiary/aromatic N) is 1. The Bertz CT molecular complexity index is 422. The molecule has 0 aliphatic carbocycles. The fraction of sp³-hybridized carbons (Fsp3) is 0.588. The van der Waals surface area contributed by atoms with Crippen LogP contribution in [0.5, 0.6) is 0 Å². The van der Waals surface area contributed by atoms with Crippen molar-refractivity contribution in [2.45, 2.75) is 46.1 Å². The average Bonchev–Trinajstić information content (AvgIpc) is 2.92. The molecule has 2 heteroatoms. The van der Waals surface area contributed by atoms with Crippen molar-refractivity contribution >= 4 is 5.78 Å². The van der Waals surface area contributed by atoms with E-state index in [4.69, 9.17) is 0 Å². The third-order valence-electron chi connectivity index (χ3n) is 4.95. The first kappa shape index (κ1) is 14.3. The van der Waals surface area contributed by atoms with E-state index in [0.717, 1.165) is 18.7 Å². The van der Waals surface area contributed by atoms with Gasteiger partial charge in [0.25, 0.3) is 0 Å². The summed E-state index contributed by atoms with van der Waals surface area (Å²) in [5, 5.41) is 0. The van der Waals surface area contributed by atoms with Gasteiger partial charge in [-0.25, -0.2) is 0 Å². The van der Waals surface area contributed by atoms with Crippen LogP contribution in [0.2, 0.25) is 0 Å². The van der Waals surface area contributed by atoms with Gasteiger partial charge in [0.1, 0.15) is 0 Å². The van der Waals surface area contributed by atoms with Gasteiger partial charge in [0.2, 0.25) is 0 Å². The van der Waals surface area contributed by atoms with Crippen LogP contribution in [0.25, 0.3) is 0 Å². The molecule has 1 aliphatic heterocycles. The van der Waals surface area contributed by atoms with Crippen LogP contribution in [0.15, 0.2) is 30.3 Å². The highest BCUT2D eigenvalue weighted by atomic mass is 16.1. The summed E-state index contributed by atoms with van der Waals surface area (Å²) < 4.78 is 0. The monoisotopic (exact) mass is 259 g/mol. The van der Waals surface area contributed by atoms with E-state index in [0.29, 0.717) is 5.41 Å². The molecule has 1 atom stereocenters. The number of benzene rings is 1. The summed E-state index contributed by atoms with van der Waals surface area (Å²) in [6.45, 7) is 8.73. The summed E-state index contributed by atoms with van der Waals surface area (Å²) in [5.74, 6) is 0.253. The standard InChI is InChI=1S/C17H25NO/c1-4-17(5-2)11-12-18(13-17)14(3)16(19)15-9-7-6-8-10-15/h6-10,14H,4-5,11-13H2,1-3H3. The number of Topliss-reactive ketones (excluding diaryl/α,β-unsaturated/α-hetero) is 1. The molecule has 0 spiro atoms. The molecule has 19 heavy (non-hydrogen) atoms. The Morgan fingerprint density at radius 2 is 1.89 bits per heavy atom. The van der Waals surface area contributed by atoms with Gasteiger partial charge >= 0.3 is 0 Å².